The van der Waals surface area contributed by atoms with Gasteiger partial charge in [-0.05, 0) is 43.7 Å². The summed E-state index contributed by atoms with van der Waals surface area (Å²) < 4.78 is 6.43. The van der Waals surface area contributed by atoms with Gasteiger partial charge in [0.1, 0.15) is 5.82 Å². The average molecular weight is 363 g/mol. The maximum Gasteiger partial charge on any atom is 0.337 e. The molecule has 0 aliphatic carbocycles. The summed E-state index contributed by atoms with van der Waals surface area (Å²) in [7, 11) is 1.32. The van der Waals surface area contributed by atoms with Crippen LogP contribution in [0.25, 0.3) is 0 Å². The molecule has 138 valence electrons. The van der Waals surface area contributed by atoms with Crippen molar-refractivity contribution in [2.75, 3.05) is 12.4 Å². The molecule has 0 bridgehead atoms. The average Bonchev–Trinajstić information content (AvgIpc) is 3.00. The van der Waals surface area contributed by atoms with E-state index in [1.807, 2.05) is 38.1 Å². The van der Waals surface area contributed by atoms with Crippen LogP contribution < -0.4 is 5.32 Å². The van der Waals surface area contributed by atoms with E-state index in [4.69, 9.17) is 0 Å². The molecule has 0 fully saturated rings. The lowest BCUT2D eigenvalue weighted by Gasteiger charge is -2.10. The summed E-state index contributed by atoms with van der Waals surface area (Å²) in [6.07, 6.45) is 0. The van der Waals surface area contributed by atoms with Crippen molar-refractivity contribution in [2.45, 2.75) is 20.4 Å². The summed E-state index contributed by atoms with van der Waals surface area (Å²) in [6.45, 7) is 4.48. The first-order chi connectivity index (χ1) is 13.0. The molecule has 0 saturated heterocycles. The molecule has 1 heterocycles. The third-order valence-electron chi connectivity index (χ3n) is 4.13. The Morgan fingerprint density at radius 3 is 2.41 bits per heavy atom. The number of methoxy groups -OCH3 is 1. The molecule has 2 aromatic carbocycles. The lowest BCUT2D eigenvalue weighted by atomic mass is 10.1. The van der Waals surface area contributed by atoms with Gasteiger partial charge in [-0.1, -0.05) is 29.8 Å². The lowest BCUT2D eigenvalue weighted by Crippen LogP contribution is -2.16. The number of carbonyl (C=O) groups excluding carboxylic acids is 2. The van der Waals surface area contributed by atoms with Gasteiger partial charge in [-0.2, -0.15) is 5.10 Å². The van der Waals surface area contributed by atoms with Gasteiger partial charge in [0.15, 0.2) is 0 Å². The van der Waals surface area contributed by atoms with Crippen LogP contribution in [-0.4, -0.2) is 28.8 Å². The molecular weight excluding hydrogens is 342 g/mol. The van der Waals surface area contributed by atoms with Gasteiger partial charge in [0.25, 0.3) is 5.91 Å². The molecule has 3 aromatic rings. The minimum Gasteiger partial charge on any atom is -0.465 e. The number of nitrogens with one attached hydrogen (secondary N) is 1. The van der Waals surface area contributed by atoms with Gasteiger partial charge in [0.05, 0.1) is 24.9 Å². The maximum absolute atomic E-state index is 12.6. The topological polar surface area (TPSA) is 73.2 Å². The predicted molar refractivity (Wildman–Crippen MR) is 103 cm³/mol. The van der Waals surface area contributed by atoms with Crippen molar-refractivity contribution in [3.63, 3.8) is 0 Å². The molecule has 6 nitrogen and oxygen atoms in total. The van der Waals surface area contributed by atoms with Crippen LogP contribution in [0.3, 0.4) is 0 Å². The van der Waals surface area contributed by atoms with Gasteiger partial charge in [0.2, 0.25) is 0 Å². The molecule has 0 aliphatic rings. The van der Waals surface area contributed by atoms with E-state index in [1.165, 1.54) is 12.7 Å². The molecule has 0 atom stereocenters. The second-order valence-electron chi connectivity index (χ2n) is 6.34. The van der Waals surface area contributed by atoms with Crippen molar-refractivity contribution in [1.29, 1.82) is 0 Å². The molecule has 3 rings (SSSR count). The first-order valence-electron chi connectivity index (χ1n) is 8.56. The molecule has 0 aliphatic heterocycles. The number of hydrogen-bond acceptors (Lipinski definition) is 4. The van der Waals surface area contributed by atoms with E-state index in [-0.39, 0.29) is 5.91 Å². The monoisotopic (exact) mass is 363 g/mol. The molecule has 27 heavy (non-hydrogen) atoms. The van der Waals surface area contributed by atoms with Crippen molar-refractivity contribution in [1.82, 2.24) is 9.78 Å². The first kappa shape index (κ1) is 18.4. The van der Waals surface area contributed by atoms with Crippen molar-refractivity contribution in [2.24, 2.45) is 0 Å². The number of amides is 1. The SMILES string of the molecule is COC(=O)c1ccc(C(=O)Nc2cc(C)nn2Cc2cccc(C)c2)cc1. The van der Waals surface area contributed by atoms with Crippen molar-refractivity contribution in [3.05, 3.63) is 82.5 Å². The normalized spacial score (nSPS) is 10.5. The molecule has 1 N–H and O–H groups in total. The minimum absolute atomic E-state index is 0.267. The predicted octanol–water partition coefficient (Wildman–Crippen LogP) is 3.59. The van der Waals surface area contributed by atoms with Crippen LogP contribution in [0, 0.1) is 13.8 Å². The molecule has 6 heteroatoms. The Hall–Kier alpha value is -3.41. The number of nitrogens with zero attached hydrogens (tertiary/aromatic N) is 2. The summed E-state index contributed by atoms with van der Waals surface area (Å²) in [5.41, 5.74) is 3.95. The zero-order valence-corrected chi connectivity index (χ0v) is 15.5. The Morgan fingerprint density at radius 1 is 1.04 bits per heavy atom. The number of rotatable bonds is 5. The van der Waals surface area contributed by atoms with Crippen LogP contribution in [0.4, 0.5) is 5.82 Å². The van der Waals surface area contributed by atoms with E-state index in [9.17, 15) is 9.59 Å². The summed E-state index contributed by atoms with van der Waals surface area (Å²) in [5, 5.41) is 7.36. The molecule has 1 aromatic heterocycles. The fraction of sp³-hybridized carbons (Fsp3) is 0.190. The van der Waals surface area contributed by atoms with E-state index in [1.54, 1.807) is 28.9 Å². The summed E-state index contributed by atoms with van der Waals surface area (Å²) in [4.78, 5) is 24.1. The third-order valence-corrected chi connectivity index (χ3v) is 4.13. The number of benzene rings is 2. The number of aryl methyl sites for hydroxylation is 2. The van der Waals surface area contributed by atoms with Crippen molar-refractivity contribution < 1.29 is 14.3 Å². The zero-order chi connectivity index (χ0) is 19.4. The Morgan fingerprint density at radius 2 is 1.74 bits per heavy atom. The van der Waals surface area contributed by atoms with Crippen LogP contribution in [0.2, 0.25) is 0 Å². The molecule has 1 amide bonds. The summed E-state index contributed by atoms with van der Waals surface area (Å²) in [5.74, 6) is -0.0818. The van der Waals surface area contributed by atoms with Crippen LogP contribution in [-0.2, 0) is 11.3 Å². The second kappa shape index (κ2) is 7.86. The van der Waals surface area contributed by atoms with Gasteiger partial charge >= 0.3 is 5.97 Å². The van der Waals surface area contributed by atoms with Crippen LogP contribution >= 0.6 is 0 Å². The molecule has 0 unspecified atom stereocenters. The highest BCUT2D eigenvalue weighted by molar-refractivity contribution is 6.04. The van der Waals surface area contributed by atoms with Gasteiger partial charge < -0.3 is 10.1 Å². The second-order valence-corrected chi connectivity index (χ2v) is 6.34. The quantitative estimate of drug-likeness (QED) is 0.703. The lowest BCUT2D eigenvalue weighted by molar-refractivity contribution is 0.0600. The maximum atomic E-state index is 12.6. The van der Waals surface area contributed by atoms with Crippen LogP contribution in [0.15, 0.2) is 54.6 Å². The third kappa shape index (κ3) is 4.41. The molecular formula is C21H21N3O3. The number of carbonyl (C=O) groups is 2. The number of esters is 1. The van der Waals surface area contributed by atoms with Gasteiger partial charge in [0, 0.05) is 11.6 Å². The Kier molecular flexibility index (Phi) is 5.35. The smallest absolute Gasteiger partial charge is 0.337 e. The number of aromatic nitrogens is 2. The number of anilines is 1. The zero-order valence-electron chi connectivity index (χ0n) is 15.5. The Bertz CT molecular complexity index is 975. The fourth-order valence-electron chi connectivity index (χ4n) is 2.81. The molecule has 0 saturated carbocycles. The Balaban J connectivity index is 1.77. The van der Waals surface area contributed by atoms with Crippen molar-refractivity contribution >= 4 is 17.7 Å². The summed E-state index contributed by atoms with van der Waals surface area (Å²) in [6, 6.07) is 16.3. The van der Waals surface area contributed by atoms with Gasteiger partial charge in [-0.25, -0.2) is 9.48 Å². The minimum atomic E-state index is -0.436. The number of hydrogen-bond donors (Lipinski definition) is 1. The van der Waals surface area contributed by atoms with E-state index >= 15 is 0 Å². The van der Waals surface area contributed by atoms with E-state index < -0.39 is 5.97 Å². The molecule has 0 spiro atoms. The largest absolute Gasteiger partial charge is 0.465 e. The standard InChI is InChI=1S/C21H21N3O3/c1-14-5-4-6-16(11-14)13-24-19(12-15(2)23-24)22-20(25)17-7-9-18(10-8-17)21(26)27-3/h4-12H,13H2,1-3H3,(H,22,25). The highest BCUT2D eigenvalue weighted by Gasteiger charge is 2.13. The summed E-state index contributed by atoms with van der Waals surface area (Å²) >= 11 is 0. The Labute approximate surface area is 157 Å². The first-order valence-corrected chi connectivity index (χ1v) is 8.56. The van der Waals surface area contributed by atoms with E-state index in [2.05, 4.69) is 21.2 Å². The van der Waals surface area contributed by atoms with E-state index in [0.717, 1.165) is 11.3 Å². The van der Waals surface area contributed by atoms with E-state index in [0.29, 0.717) is 23.5 Å². The highest BCUT2D eigenvalue weighted by atomic mass is 16.5. The van der Waals surface area contributed by atoms with Crippen molar-refractivity contribution in [3.8, 4) is 0 Å². The van der Waals surface area contributed by atoms with Gasteiger partial charge in [-0.15, -0.1) is 0 Å². The molecule has 0 radical (unpaired) electrons. The highest BCUT2D eigenvalue weighted by Crippen LogP contribution is 2.16. The van der Waals surface area contributed by atoms with Crippen LogP contribution in [0.5, 0.6) is 0 Å². The van der Waals surface area contributed by atoms with Crippen LogP contribution in [0.1, 0.15) is 37.5 Å². The number of ether oxygens (including phenoxy) is 1. The fourth-order valence-corrected chi connectivity index (χ4v) is 2.81. The van der Waals surface area contributed by atoms with Gasteiger partial charge in [-0.3, -0.25) is 4.79 Å².